The van der Waals surface area contributed by atoms with E-state index in [1.165, 1.54) is 0 Å². The average Bonchev–Trinajstić information content (AvgIpc) is 3.23. The van der Waals surface area contributed by atoms with Crippen molar-refractivity contribution in [2.24, 2.45) is 5.92 Å². The van der Waals surface area contributed by atoms with E-state index in [2.05, 4.69) is 29.3 Å². The molecule has 124 valence electrons. The Morgan fingerprint density at radius 1 is 1.57 bits per heavy atom. The molecule has 6 nitrogen and oxygen atoms in total. The van der Waals surface area contributed by atoms with Gasteiger partial charge in [0, 0.05) is 19.6 Å². The Morgan fingerprint density at radius 2 is 2.43 bits per heavy atom. The van der Waals surface area contributed by atoms with Crippen molar-refractivity contribution in [1.29, 1.82) is 0 Å². The highest BCUT2D eigenvalue weighted by atomic mass is 32.1. The highest BCUT2D eigenvalue weighted by molar-refractivity contribution is 7.13. The van der Waals surface area contributed by atoms with Gasteiger partial charge in [-0.25, -0.2) is 4.79 Å². The van der Waals surface area contributed by atoms with E-state index in [0.717, 1.165) is 24.3 Å². The van der Waals surface area contributed by atoms with E-state index in [1.54, 1.807) is 11.3 Å². The highest BCUT2D eigenvalue weighted by Gasteiger charge is 2.28. The first kappa shape index (κ1) is 16.0. The van der Waals surface area contributed by atoms with E-state index >= 15 is 0 Å². The molecule has 1 aliphatic heterocycles. The van der Waals surface area contributed by atoms with Crippen LogP contribution < -0.4 is 5.32 Å². The molecule has 2 aromatic rings. The van der Waals surface area contributed by atoms with E-state index in [4.69, 9.17) is 4.52 Å². The van der Waals surface area contributed by atoms with E-state index in [1.807, 2.05) is 22.4 Å². The molecule has 1 N–H and O–H groups in total. The molecule has 0 aromatic carbocycles. The van der Waals surface area contributed by atoms with Crippen molar-refractivity contribution >= 4 is 17.4 Å². The van der Waals surface area contributed by atoms with Gasteiger partial charge in [-0.15, -0.1) is 11.3 Å². The Hall–Kier alpha value is -1.89. The number of hydrogen-bond acceptors (Lipinski definition) is 5. The SMILES string of the molecule is CC(C)CNC(=O)N1CCCC(c2nc(-c3cccs3)no2)C1. The van der Waals surface area contributed by atoms with Crippen LogP contribution in [0.2, 0.25) is 0 Å². The summed E-state index contributed by atoms with van der Waals surface area (Å²) in [4.78, 5) is 19.6. The molecular weight excluding hydrogens is 312 g/mol. The Bertz CT molecular complexity index is 638. The van der Waals surface area contributed by atoms with Crippen LogP contribution in [0.25, 0.3) is 10.7 Å². The lowest BCUT2D eigenvalue weighted by Gasteiger charge is -2.31. The van der Waals surface area contributed by atoms with Crippen LogP contribution in [-0.4, -0.2) is 40.7 Å². The quantitative estimate of drug-likeness (QED) is 0.931. The molecule has 1 saturated heterocycles. The summed E-state index contributed by atoms with van der Waals surface area (Å²) in [5.41, 5.74) is 0. The minimum Gasteiger partial charge on any atom is -0.339 e. The second kappa shape index (κ2) is 7.12. The lowest BCUT2D eigenvalue weighted by atomic mass is 9.98. The molecule has 0 bridgehead atoms. The van der Waals surface area contributed by atoms with Gasteiger partial charge in [-0.1, -0.05) is 25.1 Å². The summed E-state index contributed by atoms with van der Waals surface area (Å²) in [5.74, 6) is 1.84. The van der Waals surface area contributed by atoms with Crippen LogP contribution in [0.1, 0.15) is 38.5 Å². The van der Waals surface area contributed by atoms with Gasteiger partial charge >= 0.3 is 6.03 Å². The first-order valence-electron chi connectivity index (χ1n) is 8.03. The molecule has 0 aliphatic carbocycles. The normalized spacial score (nSPS) is 18.4. The van der Waals surface area contributed by atoms with Crippen molar-refractivity contribution in [3.63, 3.8) is 0 Å². The molecule has 3 rings (SSSR count). The maximum absolute atomic E-state index is 12.2. The first-order chi connectivity index (χ1) is 11.1. The summed E-state index contributed by atoms with van der Waals surface area (Å²) in [7, 11) is 0. The van der Waals surface area contributed by atoms with Crippen LogP contribution in [0.4, 0.5) is 4.79 Å². The Labute approximate surface area is 139 Å². The van der Waals surface area contributed by atoms with Gasteiger partial charge in [-0.3, -0.25) is 0 Å². The van der Waals surface area contributed by atoms with Crippen molar-refractivity contribution in [3.8, 4) is 10.7 Å². The van der Waals surface area contributed by atoms with Gasteiger partial charge in [0.05, 0.1) is 10.8 Å². The third-order valence-electron chi connectivity index (χ3n) is 3.90. The lowest BCUT2D eigenvalue weighted by Crippen LogP contribution is -2.45. The van der Waals surface area contributed by atoms with Crippen LogP contribution >= 0.6 is 11.3 Å². The second-order valence-electron chi connectivity index (χ2n) is 6.30. The van der Waals surface area contributed by atoms with E-state index in [-0.39, 0.29) is 11.9 Å². The average molecular weight is 334 g/mol. The zero-order valence-electron chi connectivity index (χ0n) is 13.5. The molecule has 0 saturated carbocycles. The monoisotopic (exact) mass is 334 g/mol. The van der Waals surface area contributed by atoms with E-state index in [9.17, 15) is 4.79 Å². The van der Waals surface area contributed by atoms with Crippen molar-refractivity contribution in [2.45, 2.75) is 32.6 Å². The molecule has 1 aliphatic rings. The standard InChI is InChI=1S/C16H22N4O2S/c1-11(2)9-17-16(21)20-7-3-5-12(10-20)15-18-14(19-22-15)13-6-4-8-23-13/h4,6,8,11-12H,3,5,7,9-10H2,1-2H3,(H,17,21). The Balaban J connectivity index is 1.63. The van der Waals surface area contributed by atoms with E-state index < -0.39 is 0 Å². The summed E-state index contributed by atoms with van der Waals surface area (Å²) in [6.45, 7) is 6.29. The topological polar surface area (TPSA) is 71.3 Å². The van der Waals surface area contributed by atoms with Crippen LogP contribution in [0.5, 0.6) is 0 Å². The van der Waals surface area contributed by atoms with Gasteiger partial charge < -0.3 is 14.7 Å². The molecular formula is C16H22N4O2S. The number of rotatable bonds is 4. The molecule has 7 heteroatoms. The number of carbonyl (C=O) groups excluding carboxylic acids is 1. The van der Waals surface area contributed by atoms with Crippen LogP contribution in [0.3, 0.4) is 0 Å². The predicted octanol–water partition coefficient (Wildman–Crippen LogP) is 3.34. The van der Waals surface area contributed by atoms with Crippen molar-refractivity contribution < 1.29 is 9.32 Å². The van der Waals surface area contributed by atoms with Crippen LogP contribution in [0, 0.1) is 5.92 Å². The van der Waals surface area contributed by atoms with Gasteiger partial charge in [0.2, 0.25) is 11.7 Å². The largest absolute Gasteiger partial charge is 0.339 e. The fourth-order valence-electron chi connectivity index (χ4n) is 2.67. The van der Waals surface area contributed by atoms with Crippen molar-refractivity contribution in [3.05, 3.63) is 23.4 Å². The zero-order valence-corrected chi connectivity index (χ0v) is 14.3. The zero-order chi connectivity index (χ0) is 16.2. The Kier molecular flexibility index (Phi) is 4.95. The third kappa shape index (κ3) is 3.90. The number of nitrogens with zero attached hydrogens (tertiary/aromatic N) is 3. The molecule has 0 radical (unpaired) electrons. The molecule has 2 amide bonds. The number of amides is 2. The molecule has 23 heavy (non-hydrogen) atoms. The number of aromatic nitrogens is 2. The van der Waals surface area contributed by atoms with Gasteiger partial charge in [-0.2, -0.15) is 4.98 Å². The molecule has 3 heterocycles. The molecule has 1 fully saturated rings. The number of likely N-dealkylation sites (tertiary alicyclic amines) is 1. The number of hydrogen-bond donors (Lipinski definition) is 1. The van der Waals surface area contributed by atoms with Crippen molar-refractivity contribution in [2.75, 3.05) is 19.6 Å². The predicted molar refractivity (Wildman–Crippen MR) is 89.4 cm³/mol. The fraction of sp³-hybridized carbons (Fsp3) is 0.562. The summed E-state index contributed by atoms with van der Waals surface area (Å²) >= 11 is 1.59. The third-order valence-corrected chi connectivity index (χ3v) is 4.77. The molecule has 1 atom stereocenters. The maximum Gasteiger partial charge on any atom is 0.317 e. The number of thiophene rings is 1. The molecule has 2 aromatic heterocycles. The number of piperidine rings is 1. The summed E-state index contributed by atoms with van der Waals surface area (Å²) in [6.07, 6.45) is 1.93. The van der Waals surface area contributed by atoms with Gasteiger partial charge in [-0.05, 0) is 30.2 Å². The van der Waals surface area contributed by atoms with E-state index in [0.29, 0.717) is 30.7 Å². The highest BCUT2D eigenvalue weighted by Crippen LogP contribution is 2.28. The number of nitrogens with one attached hydrogen (secondary N) is 1. The molecule has 0 spiro atoms. The van der Waals surface area contributed by atoms with Gasteiger partial charge in [0.15, 0.2) is 0 Å². The van der Waals surface area contributed by atoms with Crippen LogP contribution in [0.15, 0.2) is 22.0 Å². The minimum atomic E-state index is 0.00129. The smallest absolute Gasteiger partial charge is 0.317 e. The number of carbonyl (C=O) groups is 1. The minimum absolute atomic E-state index is 0.00129. The maximum atomic E-state index is 12.2. The van der Waals surface area contributed by atoms with Crippen molar-refractivity contribution in [1.82, 2.24) is 20.4 Å². The molecule has 1 unspecified atom stereocenters. The van der Waals surface area contributed by atoms with Crippen LogP contribution in [-0.2, 0) is 0 Å². The lowest BCUT2D eigenvalue weighted by molar-refractivity contribution is 0.171. The van der Waals surface area contributed by atoms with Gasteiger partial charge in [0.1, 0.15) is 0 Å². The number of urea groups is 1. The second-order valence-corrected chi connectivity index (χ2v) is 7.25. The summed E-state index contributed by atoms with van der Waals surface area (Å²) < 4.78 is 5.44. The first-order valence-corrected chi connectivity index (χ1v) is 8.91. The van der Waals surface area contributed by atoms with Gasteiger partial charge in [0.25, 0.3) is 0 Å². The Morgan fingerprint density at radius 3 is 3.17 bits per heavy atom. The summed E-state index contributed by atoms with van der Waals surface area (Å²) in [6, 6.07) is 3.95. The fourth-order valence-corrected chi connectivity index (χ4v) is 3.32. The summed E-state index contributed by atoms with van der Waals surface area (Å²) in [5, 5.41) is 9.03.